The number of nitrogens with two attached hydrogens (primary N) is 1. The van der Waals surface area contributed by atoms with E-state index in [0.717, 1.165) is 0 Å². The number of aromatic nitrogens is 1. The molecule has 114 valence electrons. The number of nitrogens with zero attached hydrogens (tertiary/aromatic N) is 1. The van der Waals surface area contributed by atoms with E-state index in [1.807, 2.05) is 0 Å². The molecule has 0 unspecified atom stereocenters. The molecule has 1 rings (SSSR count). The standard InChI is InChI=1S/C9H6F8N2O/c10-7(11)3-1-5(20-9(15,16)17)6(8(12,13)14)4(2-18)19-3/h1,7H,2,18H2. The summed E-state index contributed by atoms with van der Waals surface area (Å²) in [4.78, 5) is 2.91. The minimum absolute atomic E-state index is 0.111. The summed E-state index contributed by atoms with van der Waals surface area (Å²) >= 11 is 0. The van der Waals surface area contributed by atoms with E-state index < -0.39 is 48.2 Å². The third-order valence-corrected chi connectivity index (χ3v) is 2.00. The Morgan fingerprint density at radius 2 is 1.70 bits per heavy atom. The normalized spacial score (nSPS) is 12.9. The van der Waals surface area contributed by atoms with Gasteiger partial charge in [0.2, 0.25) is 0 Å². The van der Waals surface area contributed by atoms with Crippen molar-refractivity contribution < 1.29 is 39.9 Å². The van der Waals surface area contributed by atoms with Crippen LogP contribution in [0.2, 0.25) is 0 Å². The summed E-state index contributed by atoms with van der Waals surface area (Å²) in [6.45, 7) is -0.983. The maximum atomic E-state index is 12.7. The van der Waals surface area contributed by atoms with E-state index in [9.17, 15) is 35.1 Å². The predicted molar refractivity (Wildman–Crippen MR) is 48.8 cm³/mol. The summed E-state index contributed by atoms with van der Waals surface area (Å²) in [5, 5.41) is 0. The highest BCUT2D eigenvalue weighted by Crippen LogP contribution is 2.41. The molecule has 0 radical (unpaired) electrons. The van der Waals surface area contributed by atoms with Gasteiger partial charge in [-0.3, -0.25) is 0 Å². The van der Waals surface area contributed by atoms with E-state index in [1.54, 1.807) is 0 Å². The van der Waals surface area contributed by atoms with Gasteiger partial charge in [0.1, 0.15) is 17.0 Å². The molecule has 0 saturated carbocycles. The average Bonchev–Trinajstić information content (AvgIpc) is 2.23. The first kappa shape index (κ1) is 16.4. The van der Waals surface area contributed by atoms with Gasteiger partial charge in [-0.25, -0.2) is 13.8 Å². The zero-order valence-electron chi connectivity index (χ0n) is 9.32. The third-order valence-electron chi connectivity index (χ3n) is 2.00. The molecule has 0 saturated heterocycles. The fraction of sp³-hybridized carbons (Fsp3) is 0.444. The molecule has 1 heterocycles. The molecule has 0 aliphatic heterocycles. The minimum atomic E-state index is -5.48. The van der Waals surface area contributed by atoms with Gasteiger partial charge in [-0.05, 0) is 0 Å². The Kier molecular flexibility index (Phi) is 4.42. The summed E-state index contributed by atoms with van der Waals surface area (Å²) in [6, 6.07) is -0.111. The molecule has 0 aliphatic carbocycles. The Morgan fingerprint density at radius 1 is 1.15 bits per heavy atom. The van der Waals surface area contributed by atoms with Gasteiger partial charge in [0.25, 0.3) is 6.43 Å². The van der Waals surface area contributed by atoms with Gasteiger partial charge in [0, 0.05) is 12.6 Å². The first-order valence-electron chi connectivity index (χ1n) is 4.80. The summed E-state index contributed by atoms with van der Waals surface area (Å²) in [5.74, 6) is -1.81. The third kappa shape index (κ3) is 3.92. The van der Waals surface area contributed by atoms with Gasteiger partial charge in [0.05, 0.1) is 5.69 Å². The van der Waals surface area contributed by atoms with E-state index in [4.69, 9.17) is 5.73 Å². The smallest absolute Gasteiger partial charge is 0.405 e. The first-order valence-corrected chi connectivity index (χ1v) is 4.80. The number of rotatable bonds is 3. The van der Waals surface area contributed by atoms with Crippen LogP contribution in [0.5, 0.6) is 5.75 Å². The summed E-state index contributed by atoms with van der Waals surface area (Å²) in [7, 11) is 0. The van der Waals surface area contributed by atoms with Crippen LogP contribution in [0.4, 0.5) is 35.1 Å². The molecular weight excluding hydrogens is 304 g/mol. The number of pyridine rings is 1. The van der Waals surface area contributed by atoms with E-state index in [-0.39, 0.29) is 6.07 Å². The van der Waals surface area contributed by atoms with Crippen LogP contribution in [0.15, 0.2) is 6.07 Å². The van der Waals surface area contributed by atoms with Gasteiger partial charge in [0.15, 0.2) is 0 Å². The summed E-state index contributed by atoms with van der Waals surface area (Å²) in [5.41, 5.74) is 0.524. The van der Waals surface area contributed by atoms with Gasteiger partial charge >= 0.3 is 12.5 Å². The van der Waals surface area contributed by atoms with Crippen LogP contribution in [-0.4, -0.2) is 11.3 Å². The maximum Gasteiger partial charge on any atom is 0.573 e. The van der Waals surface area contributed by atoms with Crippen molar-refractivity contribution in [3.8, 4) is 5.75 Å². The lowest BCUT2D eigenvalue weighted by molar-refractivity contribution is -0.276. The second-order valence-electron chi connectivity index (χ2n) is 3.42. The van der Waals surface area contributed by atoms with Crippen LogP contribution in [0.1, 0.15) is 23.4 Å². The van der Waals surface area contributed by atoms with Crippen molar-refractivity contribution in [1.82, 2.24) is 4.98 Å². The Bertz CT molecular complexity index is 482. The van der Waals surface area contributed by atoms with Crippen molar-refractivity contribution >= 4 is 0 Å². The number of halogens is 8. The summed E-state index contributed by atoms with van der Waals surface area (Å²) in [6.07, 6.45) is -14.1. The Balaban J connectivity index is 3.53. The number of alkyl halides is 8. The zero-order valence-corrected chi connectivity index (χ0v) is 9.32. The number of hydrogen-bond acceptors (Lipinski definition) is 3. The zero-order chi connectivity index (χ0) is 15.7. The SMILES string of the molecule is NCc1nc(C(F)F)cc(OC(F)(F)F)c1C(F)(F)F. The molecule has 3 nitrogen and oxygen atoms in total. The van der Waals surface area contributed by atoms with Crippen molar-refractivity contribution in [2.24, 2.45) is 5.73 Å². The van der Waals surface area contributed by atoms with Crippen LogP contribution in [0, 0.1) is 0 Å². The molecule has 11 heteroatoms. The fourth-order valence-electron chi connectivity index (χ4n) is 1.36. The van der Waals surface area contributed by atoms with Crippen molar-refractivity contribution in [3.63, 3.8) is 0 Å². The lowest BCUT2D eigenvalue weighted by Gasteiger charge is -2.18. The largest absolute Gasteiger partial charge is 0.573 e. The van der Waals surface area contributed by atoms with Gasteiger partial charge in [-0.15, -0.1) is 13.2 Å². The van der Waals surface area contributed by atoms with E-state index >= 15 is 0 Å². The quantitative estimate of drug-likeness (QED) is 0.871. The molecule has 0 aliphatic rings. The van der Waals surface area contributed by atoms with Crippen LogP contribution in [0.25, 0.3) is 0 Å². The molecule has 1 aromatic heterocycles. The molecule has 20 heavy (non-hydrogen) atoms. The van der Waals surface area contributed by atoms with E-state index in [2.05, 4.69) is 9.72 Å². The first-order chi connectivity index (χ1) is 8.95. The Hall–Kier alpha value is -1.65. The van der Waals surface area contributed by atoms with Gasteiger partial charge in [-0.1, -0.05) is 0 Å². The number of hydrogen-bond donors (Lipinski definition) is 1. The Morgan fingerprint density at radius 3 is 2.05 bits per heavy atom. The molecule has 0 bridgehead atoms. The van der Waals surface area contributed by atoms with Crippen molar-refractivity contribution in [2.75, 3.05) is 0 Å². The Labute approximate surface area is 106 Å². The van der Waals surface area contributed by atoms with Gasteiger partial charge < -0.3 is 10.5 Å². The second kappa shape index (κ2) is 5.38. The van der Waals surface area contributed by atoms with Crippen molar-refractivity contribution in [3.05, 3.63) is 23.0 Å². The fourth-order valence-corrected chi connectivity index (χ4v) is 1.36. The molecule has 2 N–H and O–H groups in total. The lowest BCUT2D eigenvalue weighted by Crippen LogP contribution is -2.23. The molecule has 0 fully saturated rings. The second-order valence-corrected chi connectivity index (χ2v) is 3.42. The molecule has 1 aromatic rings. The predicted octanol–water partition coefficient (Wildman–Crippen LogP) is 3.40. The van der Waals surface area contributed by atoms with Crippen LogP contribution in [-0.2, 0) is 12.7 Å². The molecule has 0 aromatic carbocycles. The van der Waals surface area contributed by atoms with Crippen LogP contribution >= 0.6 is 0 Å². The van der Waals surface area contributed by atoms with Crippen molar-refractivity contribution in [2.45, 2.75) is 25.5 Å². The minimum Gasteiger partial charge on any atom is -0.405 e. The van der Waals surface area contributed by atoms with Crippen LogP contribution < -0.4 is 10.5 Å². The van der Waals surface area contributed by atoms with E-state index in [1.165, 1.54) is 0 Å². The highest BCUT2D eigenvalue weighted by molar-refractivity contribution is 5.41. The maximum absolute atomic E-state index is 12.7. The van der Waals surface area contributed by atoms with Crippen molar-refractivity contribution in [1.29, 1.82) is 0 Å². The number of ether oxygens (including phenoxy) is 1. The molecule has 0 amide bonds. The topological polar surface area (TPSA) is 48.1 Å². The molecule has 0 spiro atoms. The molecule has 0 atom stereocenters. The molecular formula is C9H6F8N2O. The highest BCUT2D eigenvalue weighted by Gasteiger charge is 2.42. The van der Waals surface area contributed by atoms with E-state index in [0.29, 0.717) is 0 Å². The average molecular weight is 310 g/mol. The lowest BCUT2D eigenvalue weighted by atomic mass is 10.1. The summed E-state index contributed by atoms with van der Waals surface area (Å²) < 4.78 is 102. The van der Waals surface area contributed by atoms with Gasteiger partial charge in [-0.2, -0.15) is 13.2 Å². The monoisotopic (exact) mass is 310 g/mol. The highest BCUT2D eigenvalue weighted by atomic mass is 19.4. The van der Waals surface area contributed by atoms with Crippen LogP contribution in [0.3, 0.4) is 0 Å².